The van der Waals surface area contributed by atoms with Gasteiger partial charge in [0.2, 0.25) is 0 Å². The average Bonchev–Trinajstić information content (AvgIpc) is 2.78. The zero-order chi connectivity index (χ0) is 23.5. The standard InChI is InChI=1S/C23H24ClN3O6/c1-27-18-8-7-16(11-21(28)29)33-20(18)12-32-19-9-6-15(10-17(19)22(27)30)26-23(31)25-14-4-2-13(24)3-5-14/h2-6,9-10,16,18,20H,7-8,11-12H2,1H3,(H,28,29)(H2,25,26,31)/t16-,18-,20-/m0/s1. The van der Waals surface area contributed by atoms with Crippen LogP contribution in [0.2, 0.25) is 5.02 Å². The SMILES string of the molecule is CN1C(=O)c2cc(NC(=O)Nc3ccc(Cl)cc3)ccc2OC[C@@H]2O[C@H](CC(=O)O)CC[C@@H]21. The first-order chi connectivity index (χ1) is 15.8. The molecule has 174 valence electrons. The maximum absolute atomic E-state index is 13.2. The normalized spacial score (nSPS) is 22.2. The highest BCUT2D eigenvalue weighted by Crippen LogP contribution is 2.32. The summed E-state index contributed by atoms with van der Waals surface area (Å²) in [5.41, 5.74) is 1.34. The van der Waals surface area contributed by atoms with Crippen LogP contribution in [0.1, 0.15) is 29.6 Å². The molecular weight excluding hydrogens is 450 g/mol. The quantitative estimate of drug-likeness (QED) is 0.621. The van der Waals surface area contributed by atoms with E-state index in [1.54, 1.807) is 54.4 Å². The molecule has 0 saturated carbocycles. The van der Waals surface area contributed by atoms with Crippen molar-refractivity contribution < 1.29 is 29.0 Å². The molecule has 9 nitrogen and oxygen atoms in total. The summed E-state index contributed by atoms with van der Waals surface area (Å²) in [6, 6.07) is 10.8. The third kappa shape index (κ3) is 5.37. The van der Waals surface area contributed by atoms with Gasteiger partial charge in [0.15, 0.2) is 0 Å². The lowest BCUT2D eigenvalue weighted by atomic mass is 9.94. The first kappa shape index (κ1) is 22.9. The van der Waals surface area contributed by atoms with Gasteiger partial charge in [-0.25, -0.2) is 4.79 Å². The molecule has 2 aliphatic heterocycles. The predicted octanol–water partition coefficient (Wildman–Crippen LogP) is 3.84. The van der Waals surface area contributed by atoms with Crippen LogP contribution < -0.4 is 15.4 Å². The molecule has 3 N–H and O–H groups in total. The molecular formula is C23H24ClN3O6. The van der Waals surface area contributed by atoms with E-state index in [0.717, 1.165) is 0 Å². The molecule has 0 aliphatic carbocycles. The van der Waals surface area contributed by atoms with E-state index in [9.17, 15) is 14.4 Å². The van der Waals surface area contributed by atoms with Crippen molar-refractivity contribution in [2.75, 3.05) is 24.3 Å². The van der Waals surface area contributed by atoms with E-state index in [1.807, 2.05) is 0 Å². The lowest BCUT2D eigenvalue weighted by Crippen LogP contribution is -2.53. The number of hydrogen-bond donors (Lipinski definition) is 3. The van der Waals surface area contributed by atoms with Gasteiger partial charge in [-0.1, -0.05) is 11.6 Å². The number of anilines is 2. The number of urea groups is 1. The fourth-order valence-electron chi connectivity index (χ4n) is 4.13. The number of halogens is 1. The zero-order valence-electron chi connectivity index (χ0n) is 17.9. The van der Waals surface area contributed by atoms with Crippen molar-refractivity contribution in [2.45, 2.75) is 37.5 Å². The second-order valence-corrected chi connectivity index (χ2v) is 8.50. The van der Waals surface area contributed by atoms with Crippen molar-refractivity contribution >= 4 is 40.9 Å². The molecule has 0 radical (unpaired) electrons. The number of nitrogens with zero attached hydrogens (tertiary/aromatic N) is 1. The van der Waals surface area contributed by atoms with E-state index < -0.39 is 24.2 Å². The number of carbonyl (C=O) groups excluding carboxylic acids is 2. The van der Waals surface area contributed by atoms with Gasteiger partial charge >= 0.3 is 12.0 Å². The molecule has 3 amide bonds. The molecule has 2 aromatic rings. The summed E-state index contributed by atoms with van der Waals surface area (Å²) in [5.74, 6) is -0.806. The third-order valence-corrected chi connectivity index (χ3v) is 6.03. The minimum atomic E-state index is -0.917. The van der Waals surface area contributed by atoms with E-state index in [2.05, 4.69) is 10.6 Å². The van der Waals surface area contributed by atoms with Crippen LogP contribution in [0.25, 0.3) is 0 Å². The summed E-state index contributed by atoms with van der Waals surface area (Å²) in [5, 5.41) is 15.0. The molecule has 0 bridgehead atoms. The molecule has 4 rings (SSSR count). The Kier molecular flexibility index (Phi) is 6.71. The minimum absolute atomic E-state index is 0.0788. The number of carboxylic acids is 1. The molecule has 0 aromatic heterocycles. The zero-order valence-corrected chi connectivity index (χ0v) is 18.7. The number of benzene rings is 2. The molecule has 2 aliphatic rings. The van der Waals surface area contributed by atoms with Gasteiger partial charge in [0.1, 0.15) is 18.5 Å². The van der Waals surface area contributed by atoms with Crippen molar-refractivity contribution in [3.63, 3.8) is 0 Å². The molecule has 3 atom stereocenters. The number of rotatable bonds is 4. The van der Waals surface area contributed by atoms with Gasteiger partial charge < -0.3 is 30.1 Å². The Morgan fingerprint density at radius 1 is 1.12 bits per heavy atom. The van der Waals surface area contributed by atoms with E-state index in [0.29, 0.717) is 40.6 Å². The van der Waals surface area contributed by atoms with E-state index in [-0.39, 0.29) is 25.0 Å². The summed E-state index contributed by atoms with van der Waals surface area (Å²) >= 11 is 5.86. The number of likely N-dealkylation sites (N-methyl/N-ethyl adjacent to an activating group) is 1. The van der Waals surface area contributed by atoms with Crippen LogP contribution in [0.3, 0.4) is 0 Å². The van der Waals surface area contributed by atoms with Gasteiger partial charge in [-0.2, -0.15) is 0 Å². The predicted molar refractivity (Wildman–Crippen MR) is 122 cm³/mol. The number of carbonyl (C=O) groups is 3. The number of hydrogen-bond acceptors (Lipinski definition) is 5. The molecule has 0 unspecified atom stereocenters. The molecule has 2 aromatic carbocycles. The maximum atomic E-state index is 13.2. The fraction of sp³-hybridized carbons (Fsp3) is 0.348. The Labute approximate surface area is 195 Å². The molecule has 0 spiro atoms. The minimum Gasteiger partial charge on any atom is -0.490 e. The molecule has 2 heterocycles. The van der Waals surface area contributed by atoms with Crippen LogP contribution >= 0.6 is 11.6 Å². The number of ether oxygens (including phenoxy) is 2. The van der Waals surface area contributed by atoms with Crippen LogP contribution in [-0.2, 0) is 9.53 Å². The maximum Gasteiger partial charge on any atom is 0.323 e. The third-order valence-electron chi connectivity index (χ3n) is 5.77. The molecule has 1 saturated heterocycles. The lowest BCUT2D eigenvalue weighted by Gasteiger charge is -2.42. The van der Waals surface area contributed by atoms with E-state index >= 15 is 0 Å². The summed E-state index contributed by atoms with van der Waals surface area (Å²) in [7, 11) is 1.70. The molecule has 33 heavy (non-hydrogen) atoms. The number of amides is 3. The Hall–Kier alpha value is -3.30. The number of fused-ring (bicyclic) bond motifs is 2. The van der Waals surface area contributed by atoms with Crippen LogP contribution in [0.15, 0.2) is 42.5 Å². The Balaban J connectivity index is 1.48. The summed E-state index contributed by atoms with van der Waals surface area (Å²) in [6.07, 6.45) is 0.258. The fourth-order valence-corrected chi connectivity index (χ4v) is 4.25. The first-order valence-electron chi connectivity index (χ1n) is 10.5. The number of nitrogens with one attached hydrogen (secondary N) is 2. The lowest BCUT2D eigenvalue weighted by molar-refractivity contribution is -0.148. The van der Waals surface area contributed by atoms with Gasteiger partial charge in [0.05, 0.1) is 24.1 Å². The second-order valence-electron chi connectivity index (χ2n) is 8.06. The molecule has 10 heteroatoms. The summed E-state index contributed by atoms with van der Waals surface area (Å²) in [6.45, 7) is 0.190. The van der Waals surface area contributed by atoms with E-state index in [4.69, 9.17) is 26.2 Å². The Morgan fingerprint density at radius 2 is 1.82 bits per heavy atom. The van der Waals surface area contributed by atoms with Crippen molar-refractivity contribution in [3.8, 4) is 5.75 Å². The van der Waals surface area contributed by atoms with Crippen molar-refractivity contribution in [1.82, 2.24) is 4.90 Å². The van der Waals surface area contributed by atoms with Crippen molar-refractivity contribution in [2.24, 2.45) is 0 Å². The Bertz CT molecular complexity index is 1060. The summed E-state index contributed by atoms with van der Waals surface area (Å²) in [4.78, 5) is 38.2. The largest absolute Gasteiger partial charge is 0.490 e. The van der Waals surface area contributed by atoms with Gasteiger partial charge in [-0.05, 0) is 55.3 Å². The van der Waals surface area contributed by atoms with Crippen molar-refractivity contribution in [3.05, 3.63) is 53.1 Å². The van der Waals surface area contributed by atoms with Crippen molar-refractivity contribution in [1.29, 1.82) is 0 Å². The van der Waals surface area contributed by atoms with Crippen LogP contribution in [0, 0.1) is 0 Å². The van der Waals surface area contributed by atoms with Gasteiger partial charge in [-0.15, -0.1) is 0 Å². The molecule has 1 fully saturated rings. The van der Waals surface area contributed by atoms with Gasteiger partial charge in [-0.3, -0.25) is 9.59 Å². The monoisotopic (exact) mass is 473 g/mol. The first-order valence-corrected chi connectivity index (χ1v) is 10.9. The smallest absolute Gasteiger partial charge is 0.323 e. The number of aliphatic carboxylic acids is 1. The highest BCUT2D eigenvalue weighted by atomic mass is 35.5. The highest BCUT2D eigenvalue weighted by molar-refractivity contribution is 6.30. The van der Waals surface area contributed by atoms with Crippen LogP contribution in [0.5, 0.6) is 5.75 Å². The van der Waals surface area contributed by atoms with E-state index in [1.165, 1.54) is 0 Å². The summed E-state index contributed by atoms with van der Waals surface area (Å²) < 4.78 is 11.8. The second kappa shape index (κ2) is 9.68. The van der Waals surface area contributed by atoms with Gasteiger partial charge in [0, 0.05) is 23.4 Å². The average molecular weight is 474 g/mol. The highest BCUT2D eigenvalue weighted by Gasteiger charge is 2.39. The Morgan fingerprint density at radius 3 is 2.55 bits per heavy atom. The van der Waals surface area contributed by atoms with Gasteiger partial charge in [0.25, 0.3) is 5.91 Å². The van der Waals surface area contributed by atoms with Crippen LogP contribution in [-0.4, -0.2) is 59.8 Å². The van der Waals surface area contributed by atoms with Crippen LogP contribution in [0.4, 0.5) is 16.2 Å². The number of carboxylic acid groups (broad SMARTS) is 1. The topological polar surface area (TPSA) is 117 Å².